The number of nitrogens with zero attached hydrogens (tertiary/aromatic N) is 3. The van der Waals surface area contributed by atoms with Crippen LogP contribution in [0.3, 0.4) is 0 Å². The molecular formula is C28H37FN4. The summed E-state index contributed by atoms with van der Waals surface area (Å²) >= 11 is 0. The predicted octanol–water partition coefficient (Wildman–Crippen LogP) is 6.06. The number of hydrogen-bond donors (Lipinski definition) is 1. The van der Waals surface area contributed by atoms with Crippen LogP contribution in [0.4, 0.5) is 10.2 Å². The number of hydrogen-bond acceptors (Lipinski definition) is 4. The third-order valence-corrected chi connectivity index (χ3v) is 7.16. The maximum absolute atomic E-state index is 13.7. The van der Waals surface area contributed by atoms with Crippen LogP contribution in [0.5, 0.6) is 0 Å². The Kier molecular flexibility index (Phi) is 7.92. The Balaban J connectivity index is 1.20. The van der Waals surface area contributed by atoms with Gasteiger partial charge in [0.25, 0.3) is 0 Å². The molecule has 4 nitrogen and oxygen atoms in total. The lowest BCUT2D eigenvalue weighted by Gasteiger charge is -2.28. The van der Waals surface area contributed by atoms with Crippen molar-refractivity contribution in [3.63, 3.8) is 0 Å². The van der Waals surface area contributed by atoms with Crippen LogP contribution in [0, 0.1) is 24.6 Å². The van der Waals surface area contributed by atoms with Crippen LogP contribution in [0.2, 0.25) is 0 Å². The summed E-state index contributed by atoms with van der Waals surface area (Å²) in [5, 5.41) is 4.68. The van der Waals surface area contributed by atoms with E-state index in [-0.39, 0.29) is 5.82 Å². The maximum Gasteiger partial charge on any atom is 0.139 e. The molecule has 1 heterocycles. The number of rotatable bonds is 9. The first-order valence-corrected chi connectivity index (χ1v) is 12.4. The quantitative estimate of drug-likeness (QED) is 0.432. The van der Waals surface area contributed by atoms with Crippen molar-refractivity contribution >= 4 is 16.7 Å². The number of aromatic nitrogens is 2. The zero-order chi connectivity index (χ0) is 23.2. The number of para-hydroxylation sites is 1. The molecular weight excluding hydrogens is 411 g/mol. The first-order chi connectivity index (χ1) is 16.0. The topological polar surface area (TPSA) is 41.1 Å². The largest absolute Gasteiger partial charge is 0.362 e. The van der Waals surface area contributed by atoms with Gasteiger partial charge in [-0.1, -0.05) is 43.5 Å². The third kappa shape index (κ3) is 6.08. The SMILES string of the molecule is Cc1c(F)cccc1CNCC1CCC(CCCc2nc(N(C)C)c3ccccc3n2)CC1. The fourth-order valence-electron chi connectivity index (χ4n) is 5.09. The number of fused-ring (bicyclic) bond motifs is 1. The van der Waals surface area contributed by atoms with E-state index in [2.05, 4.69) is 22.3 Å². The van der Waals surface area contributed by atoms with E-state index in [1.165, 1.54) is 38.2 Å². The van der Waals surface area contributed by atoms with Gasteiger partial charge in [0, 0.05) is 32.4 Å². The summed E-state index contributed by atoms with van der Waals surface area (Å²) in [4.78, 5) is 11.7. The molecule has 5 heteroatoms. The van der Waals surface area contributed by atoms with E-state index in [0.29, 0.717) is 0 Å². The van der Waals surface area contributed by atoms with E-state index in [4.69, 9.17) is 9.97 Å². The lowest BCUT2D eigenvalue weighted by Crippen LogP contribution is -2.26. The van der Waals surface area contributed by atoms with Crippen LogP contribution >= 0.6 is 0 Å². The van der Waals surface area contributed by atoms with Crippen LogP contribution in [-0.4, -0.2) is 30.6 Å². The van der Waals surface area contributed by atoms with Crippen LogP contribution in [-0.2, 0) is 13.0 Å². The van der Waals surface area contributed by atoms with Crippen molar-refractivity contribution in [3.8, 4) is 0 Å². The van der Waals surface area contributed by atoms with Gasteiger partial charge in [0.15, 0.2) is 0 Å². The zero-order valence-electron chi connectivity index (χ0n) is 20.3. The molecule has 33 heavy (non-hydrogen) atoms. The molecule has 2 aromatic carbocycles. The number of anilines is 1. The summed E-state index contributed by atoms with van der Waals surface area (Å²) in [5.41, 5.74) is 2.87. The van der Waals surface area contributed by atoms with E-state index in [0.717, 1.165) is 71.4 Å². The smallest absolute Gasteiger partial charge is 0.139 e. The molecule has 1 fully saturated rings. The van der Waals surface area contributed by atoms with E-state index < -0.39 is 0 Å². The molecule has 3 aromatic rings. The molecule has 1 aromatic heterocycles. The lowest BCUT2D eigenvalue weighted by atomic mass is 9.80. The first-order valence-electron chi connectivity index (χ1n) is 12.4. The Labute approximate surface area is 197 Å². The molecule has 1 N–H and O–H groups in total. The average Bonchev–Trinajstić information content (AvgIpc) is 2.82. The Morgan fingerprint density at radius 1 is 0.970 bits per heavy atom. The second-order valence-electron chi connectivity index (χ2n) is 9.81. The fourth-order valence-corrected chi connectivity index (χ4v) is 5.09. The minimum absolute atomic E-state index is 0.109. The predicted molar refractivity (Wildman–Crippen MR) is 135 cm³/mol. The highest BCUT2D eigenvalue weighted by Crippen LogP contribution is 2.32. The molecule has 0 atom stereocenters. The van der Waals surface area contributed by atoms with Gasteiger partial charge in [0.1, 0.15) is 17.5 Å². The maximum atomic E-state index is 13.7. The van der Waals surface area contributed by atoms with Crippen LogP contribution in [0.1, 0.15) is 55.5 Å². The van der Waals surface area contributed by atoms with Gasteiger partial charge in [-0.25, -0.2) is 14.4 Å². The minimum Gasteiger partial charge on any atom is -0.362 e. The van der Waals surface area contributed by atoms with Gasteiger partial charge in [-0.2, -0.15) is 0 Å². The molecule has 0 unspecified atom stereocenters. The molecule has 0 saturated heterocycles. The Bertz CT molecular complexity index is 1060. The minimum atomic E-state index is -0.109. The molecule has 0 amide bonds. The summed E-state index contributed by atoms with van der Waals surface area (Å²) in [6.45, 7) is 3.65. The molecule has 1 saturated carbocycles. The summed E-state index contributed by atoms with van der Waals surface area (Å²) in [6.07, 6.45) is 8.56. The van der Waals surface area contributed by atoms with E-state index >= 15 is 0 Å². The summed E-state index contributed by atoms with van der Waals surface area (Å²) in [6, 6.07) is 13.6. The van der Waals surface area contributed by atoms with Gasteiger partial charge in [-0.3, -0.25) is 0 Å². The van der Waals surface area contributed by atoms with Crippen LogP contribution in [0.15, 0.2) is 42.5 Å². The van der Waals surface area contributed by atoms with E-state index in [9.17, 15) is 4.39 Å². The number of nitrogens with one attached hydrogen (secondary N) is 1. The highest BCUT2D eigenvalue weighted by molar-refractivity contribution is 5.89. The molecule has 1 aliphatic carbocycles. The van der Waals surface area contributed by atoms with Gasteiger partial charge >= 0.3 is 0 Å². The van der Waals surface area contributed by atoms with Gasteiger partial charge in [0.05, 0.1) is 5.52 Å². The van der Waals surface area contributed by atoms with Gasteiger partial charge in [-0.15, -0.1) is 0 Å². The lowest BCUT2D eigenvalue weighted by molar-refractivity contribution is 0.253. The van der Waals surface area contributed by atoms with Crippen molar-refractivity contribution < 1.29 is 4.39 Å². The van der Waals surface area contributed by atoms with Crippen LogP contribution < -0.4 is 10.2 Å². The number of halogens is 1. The molecule has 0 bridgehead atoms. The van der Waals surface area contributed by atoms with Gasteiger partial charge in [0.2, 0.25) is 0 Å². The third-order valence-electron chi connectivity index (χ3n) is 7.16. The van der Waals surface area contributed by atoms with Crippen molar-refractivity contribution in [2.45, 2.75) is 58.4 Å². The second kappa shape index (κ2) is 11.1. The molecule has 0 spiro atoms. The normalized spacial score (nSPS) is 18.5. The molecule has 176 valence electrons. The van der Waals surface area contributed by atoms with Gasteiger partial charge < -0.3 is 10.2 Å². The highest BCUT2D eigenvalue weighted by atomic mass is 19.1. The Morgan fingerprint density at radius 2 is 1.73 bits per heavy atom. The average molecular weight is 449 g/mol. The molecule has 4 rings (SSSR count). The summed E-state index contributed by atoms with van der Waals surface area (Å²) in [7, 11) is 4.09. The number of benzene rings is 2. The number of aryl methyl sites for hydroxylation is 1. The Morgan fingerprint density at radius 3 is 2.52 bits per heavy atom. The van der Waals surface area contributed by atoms with Crippen molar-refractivity contribution in [2.24, 2.45) is 11.8 Å². The van der Waals surface area contributed by atoms with E-state index in [1.807, 2.05) is 39.2 Å². The second-order valence-corrected chi connectivity index (χ2v) is 9.81. The molecule has 0 radical (unpaired) electrons. The summed E-state index contributed by atoms with van der Waals surface area (Å²) < 4.78 is 13.7. The van der Waals surface area contributed by atoms with Crippen LogP contribution in [0.25, 0.3) is 10.9 Å². The highest BCUT2D eigenvalue weighted by Gasteiger charge is 2.21. The fraction of sp³-hybridized carbons (Fsp3) is 0.500. The van der Waals surface area contributed by atoms with Crippen molar-refractivity contribution in [1.29, 1.82) is 0 Å². The molecule has 1 aliphatic rings. The first kappa shape index (κ1) is 23.6. The Hall–Kier alpha value is -2.53. The van der Waals surface area contributed by atoms with Crippen molar-refractivity contribution in [3.05, 3.63) is 65.2 Å². The monoisotopic (exact) mass is 448 g/mol. The zero-order valence-corrected chi connectivity index (χ0v) is 20.3. The standard InChI is InChI=1S/C28H37FN4/c1-20-23(9-7-11-25(20)29)19-30-18-22-16-14-21(15-17-22)8-6-13-27-31-26-12-5-4-10-24(26)28(32-27)33(2)3/h4-5,7,9-12,21-22,30H,6,8,13-19H2,1-3H3. The molecule has 0 aliphatic heterocycles. The van der Waals surface area contributed by atoms with Gasteiger partial charge in [-0.05, 0) is 73.9 Å². The van der Waals surface area contributed by atoms with Crippen molar-refractivity contribution in [2.75, 3.05) is 25.5 Å². The van der Waals surface area contributed by atoms with Crippen molar-refractivity contribution in [1.82, 2.24) is 15.3 Å². The summed E-state index contributed by atoms with van der Waals surface area (Å²) in [5.74, 6) is 3.42. The van der Waals surface area contributed by atoms with E-state index in [1.54, 1.807) is 6.07 Å².